The van der Waals surface area contributed by atoms with Crippen LogP contribution in [-0.4, -0.2) is 20.4 Å². The van der Waals surface area contributed by atoms with Gasteiger partial charge in [0.1, 0.15) is 17.4 Å². The van der Waals surface area contributed by atoms with Crippen molar-refractivity contribution in [3.63, 3.8) is 0 Å². The number of aromatic nitrogens is 3. The Labute approximate surface area is 172 Å². The summed E-state index contributed by atoms with van der Waals surface area (Å²) in [5.41, 5.74) is 4.68. The molecule has 4 heterocycles. The Bertz CT molecular complexity index is 1290. The van der Waals surface area contributed by atoms with Crippen molar-refractivity contribution in [2.75, 3.05) is 5.32 Å². The van der Waals surface area contributed by atoms with Crippen LogP contribution >= 0.6 is 0 Å². The molecular weight excluding hydrogens is 380 g/mol. The Hall–Kier alpha value is -4.00. The molecule has 0 saturated heterocycles. The van der Waals surface area contributed by atoms with Gasteiger partial charge in [0, 0.05) is 5.69 Å². The van der Waals surface area contributed by atoms with Crippen molar-refractivity contribution < 1.29 is 13.6 Å². The van der Waals surface area contributed by atoms with Crippen molar-refractivity contribution in [1.29, 1.82) is 0 Å². The number of benzene rings is 1. The van der Waals surface area contributed by atoms with Gasteiger partial charge in [-0.2, -0.15) is 0 Å². The van der Waals surface area contributed by atoms with E-state index in [1.54, 1.807) is 18.4 Å². The molecule has 0 fully saturated rings. The number of carbonyl (C=O) groups excluding carboxylic acids is 1. The Morgan fingerprint density at radius 2 is 1.87 bits per heavy atom. The maximum atomic E-state index is 12.8. The zero-order valence-corrected chi connectivity index (χ0v) is 16.6. The fourth-order valence-corrected chi connectivity index (χ4v) is 3.69. The summed E-state index contributed by atoms with van der Waals surface area (Å²) in [6, 6.07) is 14.9. The van der Waals surface area contributed by atoms with E-state index in [0.29, 0.717) is 18.2 Å². The molecule has 0 atom stereocenters. The minimum absolute atomic E-state index is 0.242. The third-order valence-electron chi connectivity index (χ3n) is 5.33. The summed E-state index contributed by atoms with van der Waals surface area (Å²) < 4.78 is 12.9. The van der Waals surface area contributed by atoms with E-state index in [1.807, 2.05) is 54.8 Å². The summed E-state index contributed by atoms with van der Waals surface area (Å²) in [7, 11) is 0. The number of amides is 1. The van der Waals surface area contributed by atoms with Crippen LogP contribution in [0, 0.1) is 13.8 Å². The molecule has 0 saturated carbocycles. The zero-order chi connectivity index (χ0) is 20.7. The predicted molar refractivity (Wildman–Crippen MR) is 113 cm³/mol. The van der Waals surface area contributed by atoms with E-state index in [-0.39, 0.29) is 11.7 Å². The van der Waals surface area contributed by atoms with E-state index in [9.17, 15) is 4.79 Å². The Kier molecular flexibility index (Phi) is 4.28. The van der Waals surface area contributed by atoms with Gasteiger partial charge in [-0.15, -0.1) is 0 Å². The fourth-order valence-electron chi connectivity index (χ4n) is 3.69. The second-order valence-corrected chi connectivity index (χ2v) is 7.13. The standard InChI is InChI=1S/C23H20N4O3/c1-14-15(2)27(13-16-7-5-11-29-16)22(26-23(28)19-10-6-12-30-19)20(14)21-24-17-8-3-4-9-18(17)25-21/h3-12H,13H2,1-2H3,(H,24,25)(H,26,28). The molecular formula is C23H20N4O3. The number of hydrogen-bond acceptors (Lipinski definition) is 4. The number of fused-ring (bicyclic) bond motifs is 1. The number of carbonyl (C=O) groups is 1. The number of H-pyrrole nitrogens is 1. The van der Waals surface area contributed by atoms with Gasteiger partial charge < -0.3 is 23.7 Å². The highest BCUT2D eigenvalue weighted by Gasteiger charge is 2.24. The topological polar surface area (TPSA) is 89.0 Å². The fraction of sp³-hybridized carbons (Fsp3) is 0.130. The second-order valence-electron chi connectivity index (χ2n) is 7.13. The Morgan fingerprint density at radius 3 is 2.60 bits per heavy atom. The Morgan fingerprint density at radius 1 is 1.07 bits per heavy atom. The van der Waals surface area contributed by atoms with E-state index in [1.165, 1.54) is 6.26 Å². The average molecular weight is 400 g/mol. The molecule has 4 aromatic heterocycles. The lowest BCUT2D eigenvalue weighted by Gasteiger charge is -2.12. The minimum atomic E-state index is -0.324. The van der Waals surface area contributed by atoms with E-state index in [2.05, 4.69) is 10.3 Å². The number of furan rings is 2. The first-order valence-electron chi connectivity index (χ1n) is 9.64. The third kappa shape index (κ3) is 3.00. The number of aromatic amines is 1. The number of anilines is 1. The van der Waals surface area contributed by atoms with Crippen molar-refractivity contribution in [2.45, 2.75) is 20.4 Å². The van der Waals surface area contributed by atoms with E-state index >= 15 is 0 Å². The maximum Gasteiger partial charge on any atom is 0.292 e. The van der Waals surface area contributed by atoms with Crippen LogP contribution in [0.1, 0.15) is 27.6 Å². The summed E-state index contributed by atoms with van der Waals surface area (Å²) in [5.74, 6) is 2.05. The molecule has 5 rings (SSSR count). The van der Waals surface area contributed by atoms with Gasteiger partial charge in [0.15, 0.2) is 5.76 Å². The quantitative estimate of drug-likeness (QED) is 0.428. The lowest BCUT2D eigenvalue weighted by Crippen LogP contribution is -2.16. The van der Waals surface area contributed by atoms with Crippen molar-refractivity contribution >= 4 is 22.8 Å². The van der Waals surface area contributed by atoms with Crippen LogP contribution in [0.2, 0.25) is 0 Å². The van der Waals surface area contributed by atoms with Gasteiger partial charge >= 0.3 is 0 Å². The SMILES string of the molecule is Cc1c(-c2nc3ccccc3[nH]2)c(NC(=O)c2ccco2)n(Cc2ccco2)c1C. The van der Waals surface area contributed by atoms with Crippen LogP contribution in [-0.2, 0) is 6.54 Å². The number of nitrogens with zero attached hydrogens (tertiary/aromatic N) is 2. The number of rotatable bonds is 5. The molecule has 30 heavy (non-hydrogen) atoms. The molecule has 7 nitrogen and oxygen atoms in total. The van der Waals surface area contributed by atoms with Gasteiger partial charge in [-0.05, 0) is 55.8 Å². The molecule has 0 aliphatic rings. The smallest absolute Gasteiger partial charge is 0.292 e. The maximum absolute atomic E-state index is 12.8. The van der Waals surface area contributed by atoms with Gasteiger partial charge in [0.2, 0.25) is 0 Å². The van der Waals surface area contributed by atoms with Crippen LogP contribution in [0.25, 0.3) is 22.4 Å². The molecule has 0 bridgehead atoms. The molecule has 0 radical (unpaired) electrons. The molecule has 1 aromatic carbocycles. The first-order chi connectivity index (χ1) is 14.6. The van der Waals surface area contributed by atoms with Crippen molar-refractivity contribution in [2.24, 2.45) is 0 Å². The highest BCUT2D eigenvalue weighted by Crippen LogP contribution is 2.36. The predicted octanol–water partition coefficient (Wildman–Crippen LogP) is 5.13. The number of para-hydroxylation sites is 2. The normalized spacial score (nSPS) is 11.3. The summed E-state index contributed by atoms with van der Waals surface area (Å²) in [4.78, 5) is 21.0. The van der Waals surface area contributed by atoms with Gasteiger partial charge in [0.05, 0.1) is 35.7 Å². The Balaban J connectivity index is 1.67. The number of hydrogen-bond donors (Lipinski definition) is 2. The molecule has 0 spiro atoms. The minimum Gasteiger partial charge on any atom is -0.467 e. The summed E-state index contributed by atoms with van der Waals surface area (Å²) in [6.45, 7) is 4.53. The van der Waals surface area contributed by atoms with Crippen LogP contribution in [0.3, 0.4) is 0 Å². The summed E-state index contributed by atoms with van der Waals surface area (Å²) >= 11 is 0. The highest BCUT2D eigenvalue weighted by molar-refractivity contribution is 6.04. The van der Waals surface area contributed by atoms with Crippen molar-refractivity contribution in [3.8, 4) is 11.4 Å². The van der Waals surface area contributed by atoms with Crippen molar-refractivity contribution in [1.82, 2.24) is 14.5 Å². The van der Waals surface area contributed by atoms with Gasteiger partial charge in [-0.25, -0.2) is 4.98 Å². The monoisotopic (exact) mass is 400 g/mol. The zero-order valence-electron chi connectivity index (χ0n) is 16.6. The number of imidazole rings is 1. The first kappa shape index (κ1) is 18.1. The van der Waals surface area contributed by atoms with E-state index in [4.69, 9.17) is 13.8 Å². The first-order valence-corrected chi connectivity index (χ1v) is 9.64. The highest BCUT2D eigenvalue weighted by atomic mass is 16.3. The molecule has 150 valence electrons. The van der Waals surface area contributed by atoms with E-state index in [0.717, 1.165) is 33.6 Å². The number of nitrogens with one attached hydrogen (secondary N) is 2. The molecule has 0 aliphatic carbocycles. The summed E-state index contributed by atoms with van der Waals surface area (Å²) in [6.07, 6.45) is 3.12. The van der Waals surface area contributed by atoms with Gasteiger partial charge in [-0.3, -0.25) is 4.79 Å². The molecule has 0 aliphatic heterocycles. The molecule has 1 amide bonds. The molecule has 2 N–H and O–H groups in total. The van der Waals surface area contributed by atoms with E-state index < -0.39 is 0 Å². The van der Waals surface area contributed by atoms with Crippen LogP contribution in [0.5, 0.6) is 0 Å². The molecule has 0 unspecified atom stereocenters. The second kappa shape index (κ2) is 7.11. The third-order valence-corrected chi connectivity index (χ3v) is 5.33. The van der Waals surface area contributed by atoms with Crippen LogP contribution in [0.15, 0.2) is 69.9 Å². The van der Waals surface area contributed by atoms with Crippen molar-refractivity contribution in [3.05, 3.63) is 83.8 Å². The lowest BCUT2D eigenvalue weighted by molar-refractivity contribution is 0.0996. The average Bonchev–Trinajstić information content (AvgIpc) is 3.53. The lowest BCUT2D eigenvalue weighted by atomic mass is 10.1. The largest absolute Gasteiger partial charge is 0.467 e. The van der Waals surface area contributed by atoms with Gasteiger partial charge in [0.25, 0.3) is 5.91 Å². The van der Waals surface area contributed by atoms with Crippen LogP contribution in [0.4, 0.5) is 5.82 Å². The molecule has 5 aromatic rings. The van der Waals surface area contributed by atoms with Crippen LogP contribution < -0.4 is 5.32 Å². The summed E-state index contributed by atoms with van der Waals surface area (Å²) in [5, 5.41) is 3.03. The van der Waals surface area contributed by atoms with Gasteiger partial charge in [-0.1, -0.05) is 12.1 Å². The molecule has 7 heteroatoms.